The minimum Gasteiger partial charge on any atom is -0.361 e. The Balaban J connectivity index is 0.00000181. The molecule has 2 aliphatic rings. The molecule has 214 valence electrons. The number of anilines is 3. The minimum absolute atomic E-state index is 0.0184. The van der Waals surface area contributed by atoms with Crippen LogP contribution in [0.25, 0.3) is 11.3 Å². The fraction of sp³-hybridized carbons (Fsp3) is 0.467. The van der Waals surface area contributed by atoms with Crippen LogP contribution in [0.3, 0.4) is 0 Å². The number of Topliss-reactive ketones (excluding diaryl/α,β-unsaturated/α-hetero) is 1. The maximum atomic E-state index is 15.1. The Hall–Kier alpha value is -3.50. The predicted octanol–water partition coefficient (Wildman–Crippen LogP) is 5.06. The number of benzene rings is 1. The zero-order valence-corrected chi connectivity index (χ0v) is 24.0. The van der Waals surface area contributed by atoms with Crippen molar-refractivity contribution >= 4 is 23.2 Å². The van der Waals surface area contributed by atoms with Gasteiger partial charge in [0.2, 0.25) is 5.95 Å². The fourth-order valence-corrected chi connectivity index (χ4v) is 5.04. The summed E-state index contributed by atoms with van der Waals surface area (Å²) in [7, 11) is 0. The second-order valence-corrected chi connectivity index (χ2v) is 10.2. The Bertz CT molecular complexity index is 1310. The first kappa shape index (κ1) is 29.5. The van der Waals surface area contributed by atoms with Gasteiger partial charge in [-0.3, -0.25) is 9.69 Å². The van der Waals surface area contributed by atoms with E-state index in [-0.39, 0.29) is 42.0 Å². The molecule has 3 aromatic rings. The number of likely N-dealkylation sites (N-methyl/N-ethyl adjacent to an activating group) is 1. The number of carbonyl (C=O) groups is 1. The molecule has 2 aromatic heterocycles. The number of halogens is 2. The van der Waals surface area contributed by atoms with Gasteiger partial charge in [0.15, 0.2) is 11.6 Å². The molecule has 5 rings (SSSR count). The Kier molecular flexibility index (Phi) is 9.76. The number of carbonyl (C=O) groups excluding carboxylic acids is 1. The second-order valence-electron chi connectivity index (χ2n) is 10.2. The first-order valence-corrected chi connectivity index (χ1v) is 14.1. The summed E-state index contributed by atoms with van der Waals surface area (Å²) < 4.78 is 29.9. The van der Waals surface area contributed by atoms with Crippen molar-refractivity contribution in [3.05, 3.63) is 59.4 Å². The molecule has 0 saturated carbocycles. The van der Waals surface area contributed by atoms with Gasteiger partial charge in [-0.1, -0.05) is 26.8 Å². The van der Waals surface area contributed by atoms with Crippen molar-refractivity contribution in [1.82, 2.24) is 24.8 Å². The van der Waals surface area contributed by atoms with Crippen LogP contribution in [-0.4, -0.2) is 75.8 Å². The van der Waals surface area contributed by atoms with E-state index in [9.17, 15) is 9.18 Å². The van der Waals surface area contributed by atoms with Gasteiger partial charge in [0.1, 0.15) is 17.3 Å². The maximum absolute atomic E-state index is 15.1. The van der Waals surface area contributed by atoms with Crippen LogP contribution in [0.1, 0.15) is 45.7 Å². The van der Waals surface area contributed by atoms with E-state index in [1.54, 1.807) is 6.07 Å². The average Bonchev–Trinajstić information content (AvgIpc) is 2.96. The molecule has 10 heteroatoms. The molecule has 1 fully saturated rings. The van der Waals surface area contributed by atoms with Crippen LogP contribution in [0.2, 0.25) is 0 Å². The summed E-state index contributed by atoms with van der Waals surface area (Å²) >= 11 is 0. The predicted molar refractivity (Wildman–Crippen MR) is 155 cm³/mol. The van der Waals surface area contributed by atoms with Gasteiger partial charge in [-0.05, 0) is 44.2 Å². The van der Waals surface area contributed by atoms with Crippen LogP contribution >= 0.6 is 0 Å². The maximum Gasteiger partial charge on any atom is 0.229 e. The van der Waals surface area contributed by atoms with Crippen molar-refractivity contribution < 1.29 is 13.6 Å². The van der Waals surface area contributed by atoms with Crippen molar-refractivity contribution in [3.8, 4) is 11.3 Å². The Morgan fingerprint density at radius 1 is 0.975 bits per heavy atom. The van der Waals surface area contributed by atoms with Gasteiger partial charge in [-0.15, -0.1) is 0 Å². The van der Waals surface area contributed by atoms with E-state index in [0.717, 1.165) is 51.0 Å². The number of hydrogen-bond donors (Lipinski definition) is 1. The highest BCUT2D eigenvalue weighted by molar-refractivity contribution is 5.91. The molecule has 0 unspecified atom stereocenters. The van der Waals surface area contributed by atoms with Gasteiger partial charge >= 0.3 is 0 Å². The van der Waals surface area contributed by atoms with E-state index in [4.69, 9.17) is 0 Å². The van der Waals surface area contributed by atoms with E-state index >= 15 is 4.39 Å². The lowest BCUT2D eigenvalue weighted by molar-refractivity contribution is -0.117. The number of aromatic nitrogens is 3. The number of fused-ring (bicyclic) bond motifs is 1. The van der Waals surface area contributed by atoms with Crippen molar-refractivity contribution in [3.63, 3.8) is 0 Å². The zero-order valence-electron chi connectivity index (χ0n) is 24.0. The summed E-state index contributed by atoms with van der Waals surface area (Å²) in [5.74, 6) is -0.564. The lowest BCUT2D eigenvalue weighted by Gasteiger charge is -2.34. The van der Waals surface area contributed by atoms with E-state index in [2.05, 4.69) is 37.0 Å². The monoisotopic (exact) mass is 551 g/mol. The molecule has 1 saturated heterocycles. The number of ketones is 1. The van der Waals surface area contributed by atoms with Crippen molar-refractivity contribution in [2.24, 2.45) is 0 Å². The van der Waals surface area contributed by atoms with Crippen molar-refractivity contribution in [2.75, 3.05) is 49.5 Å². The summed E-state index contributed by atoms with van der Waals surface area (Å²) in [5, 5.41) is 3.03. The molecule has 0 aliphatic carbocycles. The number of nitrogens with one attached hydrogen (secondary N) is 1. The van der Waals surface area contributed by atoms with Crippen LogP contribution in [0.5, 0.6) is 0 Å². The molecule has 2 aliphatic heterocycles. The molecular weight excluding hydrogens is 512 g/mol. The Morgan fingerprint density at radius 2 is 1.70 bits per heavy atom. The molecule has 8 nitrogen and oxygen atoms in total. The standard InChI is InChI=1S/C28H33F2N7O.C2H6/c1-4-35-7-9-36(10-8-35)16-19-5-6-26(31-14-19)33-28-32-15-24(30)27(34-28)20-11-23(29)22-13-21(38)17-37(18(2)3)25(22)12-20;1-2/h5-6,11-12,14-15,18H,4,7-10,13,16-17H2,1-3H3,(H,31,32,33,34);1-2H3. The van der Waals surface area contributed by atoms with Crippen molar-refractivity contribution in [1.29, 1.82) is 0 Å². The highest BCUT2D eigenvalue weighted by Gasteiger charge is 2.28. The lowest BCUT2D eigenvalue weighted by Crippen LogP contribution is -2.45. The first-order valence-electron chi connectivity index (χ1n) is 14.1. The van der Waals surface area contributed by atoms with Gasteiger partial charge in [-0.2, -0.15) is 0 Å². The van der Waals surface area contributed by atoms with E-state index in [1.165, 1.54) is 6.07 Å². The molecule has 0 radical (unpaired) electrons. The molecule has 0 spiro atoms. The quantitative estimate of drug-likeness (QED) is 0.437. The van der Waals surface area contributed by atoms with Gasteiger partial charge in [0.25, 0.3) is 0 Å². The van der Waals surface area contributed by atoms with Crippen LogP contribution < -0.4 is 10.2 Å². The van der Waals surface area contributed by atoms with Crippen molar-refractivity contribution in [2.45, 2.75) is 53.6 Å². The van der Waals surface area contributed by atoms with Crippen LogP contribution in [0.4, 0.5) is 26.2 Å². The first-order chi connectivity index (χ1) is 19.3. The number of hydrogen-bond acceptors (Lipinski definition) is 8. The van der Waals surface area contributed by atoms with E-state index in [1.807, 2.05) is 50.9 Å². The number of nitrogens with zero attached hydrogens (tertiary/aromatic N) is 6. The molecule has 1 N–H and O–H groups in total. The van der Waals surface area contributed by atoms with E-state index in [0.29, 0.717) is 17.1 Å². The molecule has 1 aromatic carbocycles. The van der Waals surface area contributed by atoms with Gasteiger partial charge in [0, 0.05) is 68.2 Å². The van der Waals surface area contributed by atoms with Gasteiger partial charge in [-0.25, -0.2) is 23.7 Å². The summed E-state index contributed by atoms with van der Waals surface area (Å²) in [6, 6.07) is 6.77. The number of pyridine rings is 1. The van der Waals surface area contributed by atoms with E-state index < -0.39 is 11.6 Å². The van der Waals surface area contributed by atoms with Crippen LogP contribution in [-0.2, 0) is 17.8 Å². The summed E-state index contributed by atoms with van der Waals surface area (Å²) in [5.41, 5.74) is 2.31. The smallest absolute Gasteiger partial charge is 0.229 e. The number of rotatable bonds is 7. The Morgan fingerprint density at radius 3 is 2.35 bits per heavy atom. The third kappa shape index (κ3) is 6.79. The Labute approximate surface area is 235 Å². The van der Waals surface area contributed by atoms with Gasteiger partial charge < -0.3 is 15.1 Å². The second kappa shape index (κ2) is 13.2. The molecule has 0 atom stereocenters. The normalized spacial score (nSPS) is 16.0. The molecule has 4 heterocycles. The third-order valence-electron chi connectivity index (χ3n) is 7.23. The molecular formula is C30H39F2N7O. The fourth-order valence-electron chi connectivity index (χ4n) is 5.04. The number of piperazine rings is 1. The van der Waals surface area contributed by atoms with Crippen LogP contribution in [0, 0.1) is 11.6 Å². The minimum atomic E-state index is -0.663. The van der Waals surface area contributed by atoms with Crippen LogP contribution in [0.15, 0.2) is 36.7 Å². The van der Waals surface area contributed by atoms with Gasteiger partial charge in [0.05, 0.1) is 12.7 Å². The molecule has 0 amide bonds. The summed E-state index contributed by atoms with van der Waals surface area (Å²) in [6.07, 6.45) is 2.91. The third-order valence-corrected chi connectivity index (χ3v) is 7.23. The highest BCUT2D eigenvalue weighted by atomic mass is 19.1. The summed E-state index contributed by atoms with van der Waals surface area (Å²) in [6.45, 7) is 16.4. The highest BCUT2D eigenvalue weighted by Crippen LogP contribution is 2.35. The SMILES string of the molecule is CC.CCN1CCN(Cc2ccc(Nc3ncc(F)c(-c4cc(F)c5c(c4)N(C(C)C)CC(=O)C5)n3)nc2)CC1. The molecule has 40 heavy (non-hydrogen) atoms. The summed E-state index contributed by atoms with van der Waals surface area (Å²) in [4.78, 5) is 31.7. The largest absolute Gasteiger partial charge is 0.361 e. The molecule has 0 bridgehead atoms. The zero-order chi connectivity index (χ0) is 28.8. The topological polar surface area (TPSA) is 77.5 Å². The average molecular weight is 552 g/mol. The lowest BCUT2D eigenvalue weighted by atomic mass is 9.96.